The molecule has 0 aromatic carbocycles. The molecule has 3 rings (SSSR count). The van der Waals surface area contributed by atoms with Crippen molar-refractivity contribution < 1.29 is 4.79 Å². The number of carbonyl (C=O) groups is 1. The van der Waals surface area contributed by atoms with Crippen LogP contribution in [0.3, 0.4) is 0 Å². The maximum absolute atomic E-state index is 12.3. The van der Waals surface area contributed by atoms with Crippen LogP contribution in [0.2, 0.25) is 10.2 Å². The average Bonchev–Trinajstić information content (AvgIpc) is 2.57. The summed E-state index contributed by atoms with van der Waals surface area (Å²) in [7, 11) is 0. The summed E-state index contributed by atoms with van der Waals surface area (Å²) < 4.78 is 0. The van der Waals surface area contributed by atoms with Gasteiger partial charge in [-0.05, 0) is 37.1 Å². The Balaban J connectivity index is 1.56. The van der Waals surface area contributed by atoms with Crippen molar-refractivity contribution >= 4 is 40.6 Å². The summed E-state index contributed by atoms with van der Waals surface area (Å²) in [4.78, 5) is 22.6. The largest absolute Gasteiger partial charge is 0.371 e. The molecule has 0 saturated carbocycles. The third-order valence-corrected chi connectivity index (χ3v) is 4.35. The minimum atomic E-state index is -0.0129. The normalized spacial score (nSPS) is 15.5. The highest BCUT2D eigenvalue weighted by molar-refractivity contribution is 6.30. The van der Waals surface area contributed by atoms with Crippen LogP contribution in [0.25, 0.3) is 0 Å². The van der Waals surface area contributed by atoms with Crippen molar-refractivity contribution in [1.29, 1.82) is 0 Å². The van der Waals surface area contributed by atoms with Gasteiger partial charge in [0.15, 0.2) is 0 Å². The summed E-state index contributed by atoms with van der Waals surface area (Å²) in [5, 5.41) is 3.88. The van der Waals surface area contributed by atoms with Crippen molar-refractivity contribution in [3.8, 4) is 0 Å². The summed E-state index contributed by atoms with van der Waals surface area (Å²) in [6, 6.07) is 7.19. The van der Waals surface area contributed by atoms with E-state index in [1.807, 2.05) is 12.1 Å². The van der Waals surface area contributed by atoms with Crippen molar-refractivity contribution in [3.63, 3.8) is 0 Å². The molecule has 0 aliphatic carbocycles. The van der Waals surface area contributed by atoms with Crippen LogP contribution in [-0.2, 0) is 4.79 Å². The molecule has 120 valence electrons. The van der Waals surface area contributed by atoms with E-state index in [4.69, 9.17) is 23.2 Å². The van der Waals surface area contributed by atoms with E-state index in [1.54, 1.807) is 18.3 Å². The van der Waals surface area contributed by atoms with E-state index in [9.17, 15) is 4.79 Å². The highest BCUT2D eigenvalue weighted by Crippen LogP contribution is 2.25. The molecule has 1 amide bonds. The van der Waals surface area contributed by atoms with E-state index in [2.05, 4.69) is 20.2 Å². The van der Waals surface area contributed by atoms with Crippen LogP contribution < -0.4 is 10.2 Å². The van der Waals surface area contributed by atoms with Crippen molar-refractivity contribution in [2.24, 2.45) is 5.92 Å². The van der Waals surface area contributed by atoms with Crippen molar-refractivity contribution in [2.75, 3.05) is 23.3 Å². The van der Waals surface area contributed by atoms with Gasteiger partial charge in [0.25, 0.3) is 0 Å². The Labute approximate surface area is 144 Å². The molecule has 2 aromatic heterocycles. The molecule has 0 spiro atoms. The number of hydrogen-bond donors (Lipinski definition) is 1. The number of anilines is 2. The first kappa shape index (κ1) is 16.0. The minimum Gasteiger partial charge on any atom is -0.371 e. The Hall–Kier alpha value is -1.85. The Kier molecular flexibility index (Phi) is 4.98. The van der Waals surface area contributed by atoms with Crippen LogP contribution in [0.15, 0.2) is 36.7 Å². The lowest BCUT2D eigenvalue weighted by molar-refractivity contribution is -0.120. The topological polar surface area (TPSA) is 58.1 Å². The van der Waals surface area contributed by atoms with Gasteiger partial charge in [-0.3, -0.25) is 4.79 Å². The fraction of sp³-hybridized carbons (Fsp3) is 0.312. The van der Waals surface area contributed by atoms with E-state index in [0.717, 1.165) is 31.6 Å². The number of aromatic nitrogens is 2. The number of piperidine rings is 1. The quantitative estimate of drug-likeness (QED) is 0.858. The number of carbonyl (C=O) groups excluding carboxylic acids is 1. The lowest BCUT2D eigenvalue weighted by Crippen LogP contribution is -2.38. The molecule has 23 heavy (non-hydrogen) atoms. The Morgan fingerprint density at radius 3 is 2.61 bits per heavy atom. The summed E-state index contributed by atoms with van der Waals surface area (Å²) >= 11 is 11.7. The van der Waals surface area contributed by atoms with E-state index >= 15 is 0 Å². The molecule has 0 bridgehead atoms. The molecule has 1 N–H and O–H groups in total. The maximum atomic E-state index is 12.3. The molecule has 0 atom stereocenters. The second-order valence-electron chi connectivity index (χ2n) is 5.45. The first-order valence-corrected chi connectivity index (χ1v) is 8.16. The maximum Gasteiger partial charge on any atom is 0.228 e. The van der Waals surface area contributed by atoms with Gasteiger partial charge in [-0.1, -0.05) is 23.2 Å². The number of nitrogens with one attached hydrogen (secondary N) is 1. The second kappa shape index (κ2) is 7.15. The number of halogens is 2. The molecule has 5 nitrogen and oxygen atoms in total. The van der Waals surface area contributed by atoms with E-state index in [-0.39, 0.29) is 11.8 Å². The van der Waals surface area contributed by atoms with Gasteiger partial charge in [0.2, 0.25) is 5.91 Å². The van der Waals surface area contributed by atoms with Gasteiger partial charge < -0.3 is 10.2 Å². The number of nitrogens with zero attached hydrogens (tertiary/aromatic N) is 3. The first-order valence-electron chi connectivity index (χ1n) is 7.41. The number of rotatable bonds is 3. The first-order chi connectivity index (χ1) is 11.1. The predicted octanol–water partition coefficient (Wildman–Crippen LogP) is 3.64. The number of amides is 1. The SMILES string of the molecule is O=C(Nc1ccc(Cl)cn1)C1CCN(c2ccnc(Cl)c2)CC1. The van der Waals surface area contributed by atoms with E-state index < -0.39 is 0 Å². The molecule has 0 unspecified atom stereocenters. The van der Waals surface area contributed by atoms with Gasteiger partial charge in [0.05, 0.1) is 5.02 Å². The lowest BCUT2D eigenvalue weighted by Gasteiger charge is -2.32. The fourth-order valence-corrected chi connectivity index (χ4v) is 2.95. The number of pyridine rings is 2. The Morgan fingerprint density at radius 1 is 1.17 bits per heavy atom. The molecule has 1 fully saturated rings. The monoisotopic (exact) mass is 350 g/mol. The zero-order valence-corrected chi connectivity index (χ0v) is 13.9. The lowest BCUT2D eigenvalue weighted by atomic mass is 9.95. The highest BCUT2D eigenvalue weighted by atomic mass is 35.5. The average molecular weight is 351 g/mol. The standard InChI is InChI=1S/C16H16Cl2N4O/c17-12-1-2-15(20-10-12)21-16(23)11-4-7-22(8-5-11)13-3-6-19-14(18)9-13/h1-3,6,9-11H,4-5,7-8H2,(H,20,21,23). The molecule has 1 aliphatic rings. The van der Waals surface area contributed by atoms with Gasteiger partial charge in [-0.15, -0.1) is 0 Å². The van der Waals surface area contributed by atoms with Crippen LogP contribution in [0, 0.1) is 5.92 Å². The molecule has 1 saturated heterocycles. The van der Waals surface area contributed by atoms with Crippen LogP contribution in [0.5, 0.6) is 0 Å². The molecular weight excluding hydrogens is 335 g/mol. The van der Waals surface area contributed by atoms with Crippen molar-refractivity contribution in [1.82, 2.24) is 9.97 Å². The van der Waals surface area contributed by atoms with Crippen LogP contribution >= 0.6 is 23.2 Å². The van der Waals surface area contributed by atoms with Gasteiger partial charge in [0.1, 0.15) is 11.0 Å². The fourth-order valence-electron chi connectivity index (χ4n) is 2.67. The Bertz CT molecular complexity index is 685. The van der Waals surface area contributed by atoms with Gasteiger partial charge in [-0.25, -0.2) is 9.97 Å². The third kappa shape index (κ3) is 4.12. The van der Waals surface area contributed by atoms with E-state index in [0.29, 0.717) is 16.0 Å². The molecule has 3 heterocycles. The van der Waals surface area contributed by atoms with Gasteiger partial charge in [0, 0.05) is 37.1 Å². The zero-order chi connectivity index (χ0) is 16.2. The summed E-state index contributed by atoms with van der Waals surface area (Å²) in [5.41, 5.74) is 1.04. The zero-order valence-electron chi connectivity index (χ0n) is 12.4. The molecule has 7 heteroatoms. The third-order valence-electron chi connectivity index (χ3n) is 3.92. The molecule has 0 radical (unpaired) electrons. The van der Waals surface area contributed by atoms with Crippen LogP contribution in [-0.4, -0.2) is 29.0 Å². The summed E-state index contributed by atoms with van der Waals surface area (Å²) in [6.07, 6.45) is 4.80. The summed E-state index contributed by atoms with van der Waals surface area (Å²) in [5.74, 6) is 0.524. The van der Waals surface area contributed by atoms with Gasteiger partial charge >= 0.3 is 0 Å². The van der Waals surface area contributed by atoms with Crippen molar-refractivity contribution in [2.45, 2.75) is 12.8 Å². The van der Waals surface area contributed by atoms with Crippen molar-refractivity contribution in [3.05, 3.63) is 46.8 Å². The minimum absolute atomic E-state index is 0.00670. The van der Waals surface area contributed by atoms with Gasteiger partial charge in [-0.2, -0.15) is 0 Å². The molecular formula is C16H16Cl2N4O. The smallest absolute Gasteiger partial charge is 0.228 e. The Morgan fingerprint density at radius 2 is 1.96 bits per heavy atom. The molecule has 2 aromatic rings. The highest BCUT2D eigenvalue weighted by Gasteiger charge is 2.25. The van der Waals surface area contributed by atoms with Crippen LogP contribution in [0.1, 0.15) is 12.8 Å². The predicted molar refractivity (Wildman–Crippen MR) is 92.1 cm³/mol. The number of hydrogen-bond acceptors (Lipinski definition) is 4. The second-order valence-corrected chi connectivity index (χ2v) is 6.27. The van der Waals surface area contributed by atoms with E-state index in [1.165, 1.54) is 6.20 Å². The molecule has 1 aliphatic heterocycles. The summed E-state index contributed by atoms with van der Waals surface area (Å²) in [6.45, 7) is 1.62. The van der Waals surface area contributed by atoms with Crippen LogP contribution in [0.4, 0.5) is 11.5 Å².